The Bertz CT molecular complexity index is 3440. The van der Waals surface area contributed by atoms with Gasteiger partial charge in [0, 0.05) is 31.3 Å². The molecule has 0 N–H and O–H groups in total. The lowest BCUT2D eigenvalue weighted by molar-refractivity contribution is 1.48. The van der Waals surface area contributed by atoms with Crippen LogP contribution in [0.3, 0.4) is 0 Å². The number of nitriles is 2. The standard InChI is InChI=1S/C54H30N2S/c55-31-34-14-1-3-16-36(34)51-40-20-7-5-18-38(40)50(39-19-6-8-21-41(39)51)33-28-29-48-47(30-33)54-46(26-13-27-49(54)57-48)53-44-24-11-9-22-42(44)52(43-23-10-12-25-45(43)53)37-17-4-2-15-35(37)32-56/h1-30H. The minimum absolute atomic E-state index is 0.668. The number of hydrogen-bond acceptors (Lipinski definition) is 3. The minimum atomic E-state index is 0.668. The zero-order valence-corrected chi connectivity index (χ0v) is 31.4. The van der Waals surface area contributed by atoms with Crippen LogP contribution in [0.2, 0.25) is 0 Å². The Morgan fingerprint density at radius 3 is 1.16 bits per heavy atom. The second-order valence-corrected chi connectivity index (χ2v) is 15.6. The maximum atomic E-state index is 10.2. The average molecular weight is 739 g/mol. The van der Waals surface area contributed by atoms with Gasteiger partial charge in [0.05, 0.1) is 23.3 Å². The van der Waals surface area contributed by atoms with Crippen LogP contribution in [0.1, 0.15) is 11.1 Å². The second kappa shape index (κ2) is 13.0. The van der Waals surface area contributed by atoms with Crippen molar-refractivity contribution in [2.24, 2.45) is 0 Å². The molecule has 11 rings (SSSR count). The van der Waals surface area contributed by atoms with Crippen molar-refractivity contribution >= 4 is 74.6 Å². The van der Waals surface area contributed by atoms with Crippen LogP contribution in [0.25, 0.3) is 108 Å². The van der Waals surface area contributed by atoms with Crippen molar-refractivity contribution in [3.05, 3.63) is 193 Å². The predicted molar refractivity (Wildman–Crippen MR) is 241 cm³/mol. The number of hydrogen-bond donors (Lipinski definition) is 0. The van der Waals surface area contributed by atoms with Crippen LogP contribution >= 0.6 is 11.3 Å². The van der Waals surface area contributed by atoms with Gasteiger partial charge in [0.25, 0.3) is 0 Å². The molecule has 0 saturated carbocycles. The van der Waals surface area contributed by atoms with Crippen LogP contribution in [-0.2, 0) is 0 Å². The number of rotatable bonds is 4. The summed E-state index contributed by atoms with van der Waals surface area (Å²) >= 11 is 1.83. The molecule has 0 aliphatic carbocycles. The first-order chi connectivity index (χ1) is 28.2. The van der Waals surface area contributed by atoms with Gasteiger partial charge in [0.1, 0.15) is 0 Å². The Labute approximate surface area is 333 Å². The fourth-order valence-electron chi connectivity index (χ4n) is 9.23. The Hall–Kier alpha value is -7.56. The Balaban J connectivity index is 1.22. The number of thiophene rings is 1. The average Bonchev–Trinajstić information content (AvgIpc) is 3.66. The van der Waals surface area contributed by atoms with E-state index in [1.165, 1.54) is 36.9 Å². The molecule has 0 unspecified atom stereocenters. The molecule has 262 valence electrons. The summed E-state index contributed by atoms with van der Waals surface area (Å²) in [7, 11) is 0. The molecule has 0 aliphatic rings. The molecule has 1 aromatic heterocycles. The molecule has 0 aliphatic heterocycles. The summed E-state index contributed by atoms with van der Waals surface area (Å²) in [6, 6.07) is 69.1. The molecule has 0 amide bonds. The molecule has 3 heteroatoms. The quantitative estimate of drug-likeness (QED) is 0.169. The topological polar surface area (TPSA) is 47.6 Å². The Kier molecular flexibility index (Phi) is 7.51. The zero-order chi connectivity index (χ0) is 38.0. The lowest BCUT2D eigenvalue weighted by Crippen LogP contribution is -1.93. The van der Waals surface area contributed by atoms with E-state index in [4.69, 9.17) is 0 Å². The van der Waals surface area contributed by atoms with E-state index in [9.17, 15) is 10.5 Å². The smallest absolute Gasteiger partial charge is 0.0998 e. The molecule has 10 aromatic carbocycles. The van der Waals surface area contributed by atoms with Gasteiger partial charge in [0.2, 0.25) is 0 Å². The summed E-state index contributed by atoms with van der Waals surface area (Å²) in [4.78, 5) is 0. The fraction of sp³-hybridized carbons (Fsp3) is 0. The molecule has 1 heterocycles. The monoisotopic (exact) mass is 738 g/mol. The van der Waals surface area contributed by atoms with E-state index in [2.05, 4.69) is 158 Å². The third-order valence-electron chi connectivity index (χ3n) is 11.5. The van der Waals surface area contributed by atoms with Crippen LogP contribution in [0.15, 0.2) is 182 Å². The lowest BCUT2D eigenvalue weighted by Gasteiger charge is -2.19. The van der Waals surface area contributed by atoms with Crippen molar-refractivity contribution in [3.63, 3.8) is 0 Å². The van der Waals surface area contributed by atoms with Gasteiger partial charge in [-0.15, -0.1) is 11.3 Å². The largest absolute Gasteiger partial charge is 0.192 e. The SMILES string of the molecule is N#Cc1ccccc1-c1c2ccccc2c(-c2ccc3sc4cccc(-c5c6ccccc6c(-c6ccccc6C#N)c6ccccc56)c4c3c2)c2ccccc12. The van der Waals surface area contributed by atoms with Crippen molar-refractivity contribution in [1.29, 1.82) is 10.5 Å². The van der Waals surface area contributed by atoms with E-state index in [0.29, 0.717) is 11.1 Å². The van der Waals surface area contributed by atoms with Crippen LogP contribution in [-0.4, -0.2) is 0 Å². The molecule has 2 nitrogen and oxygen atoms in total. The van der Waals surface area contributed by atoms with E-state index >= 15 is 0 Å². The molecule has 0 saturated heterocycles. The number of fused-ring (bicyclic) bond motifs is 7. The Morgan fingerprint density at radius 2 is 0.702 bits per heavy atom. The summed E-state index contributed by atoms with van der Waals surface area (Å²) in [6.07, 6.45) is 0. The summed E-state index contributed by atoms with van der Waals surface area (Å²) in [5, 5.41) is 32.0. The normalized spacial score (nSPS) is 11.5. The molecule has 0 spiro atoms. The number of nitrogens with zero attached hydrogens (tertiary/aromatic N) is 2. The molecule has 11 aromatic rings. The van der Waals surface area contributed by atoms with Gasteiger partial charge in [-0.1, -0.05) is 152 Å². The van der Waals surface area contributed by atoms with Gasteiger partial charge >= 0.3 is 0 Å². The highest BCUT2D eigenvalue weighted by Gasteiger charge is 2.22. The third-order valence-corrected chi connectivity index (χ3v) is 12.7. The summed E-state index contributed by atoms with van der Waals surface area (Å²) in [5.74, 6) is 0. The first kappa shape index (κ1) is 32.8. The van der Waals surface area contributed by atoms with Crippen LogP contribution < -0.4 is 0 Å². The van der Waals surface area contributed by atoms with Gasteiger partial charge in [-0.2, -0.15) is 10.5 Å². The molecule has 0 fully saturated rings. The van der Waals surface area contributed by atoms with Crippen LogP contribution in [0, 0.1) is 22.7 Å². The molecule has 0 bridgehead atoms. The van der Waals surface area contributed by atoms with Gasteiger partial charge in [-0.3, -0.25) is 0 Å². The molecular weight excluding hydrogens is 709 g/mol. The number of benzene rings is 10. The van der Waals surface area contributed by atoms with E-state index in [-0.39, 0.29) is 0 Å². The lowest BCUT2D eigenvalue weighted by atomic mass is 9.83. The molecule has 0 atom stereocenters. The van der Waals surface area contributed by atoms with Crippen molar-refractivity contribution in [2.45, 2.75) is 0 Å². The third kappa shape index (κ3) is 4.94. The maximum Gasteiger partial charge on any atom is 0.0998 e. The van der Waals surface area contributed by atoms with Gasteiger partial charge in [-0.05, 0) is 107 Å². The fourth-order valence-corrected chi connectivity index (χ4v) is 10.3. The first-order valence-corrected chi connectivity index (χ1v) is 19.9. The molecule has 57 heavy (non-hydrogen) atoms. The van der Waals surface area contributed by atoms with Gasteiger partial charge in [-0.25, -0.2) is 0 Å². The zero-order valence-electron chi connectivity index (χ0n) is 30.6. The van der Waals surface area contributed by atoms with Crippen LogP contribution in [0.4, 0.5) is 0 Å². The van der Waals surface area contributed by atoms with E-state index < -0.39 is 0 Å². The summed E-state index contributed by atoms with van der Waals surface area (Å²) in [6.45, 7) is 0. The Morgan fingerprint density at radius 1 is 0.316 bits per heavy atom. The van der Waals surface area contributed by atoms with Gasteiger partial charge < -0.3 is 0 Å². The summed E-state index contributed by atoms with van der Waals surface area (Å²) in [5.41, 5.74) is 10.2. The van der Waals surface area contributed by atoms with E-state index in [1.807, 2.05) is 47.7 Å². The second-order valence-electron chi connectivity index (χ2n) is 14.5. The van der Waals surface area contributed by atoms with Crippen LogP contribution in [0.5, 0.6) is 0 Å². The first-order valence-electron chi connectivity index (χ1n) is 19.1. The molecule has 0 radical (unpaired) electrons. The van der Waals surface area contributed by atoms with Crippen molar-refractivity contribution in [1.82, 2.24) is 0 Å². The van der Waals surface area contributed by atoms with E-state index in [0.717, 1.165) is 70.9 Å². The highest BCUT2D eigenvalue weighted by atomic mass is 32.1. The predicted octanol–water partition coefficient (Wildman–Crippen LogP) is 15.1. The summed E-state index contributed by atoms with van der Waals surface area (Å²) < 4.78 is 2.48. The van der Waals surface area contributed by atoms with Gasteiger partial charge in [0.15, 0.2) is 0 Å². The van der Waals surface area contributed by atoms with Crippen molar-refractivity contribution in [3.8, 4) is 56.6 Å². The highest BCUT2D eigenvalue weighted by Crippen LogP contribution is 2.50. The molecular formula is C54H30N2S. The minimum Gasteiger partial charge on any atom is -0.192 e. The highest BCUT2D eigenvalue weighted by molar-refractivity contribution is 7.26. The van der Waals surface area contributed by atoms with Crippen molar-refractivity contribution in [2.75, 3.05) is 0 Å². The van der Waals surface area contributed by atoms with Crippen molar-refractivity contribution < 1.29 is 0 Å². The van der Waals surface area contributed by atoms with E-state index in [1.54, 1.807) is 0 Å². The maximum absolute atomic E-state index is 10.2.